The molecular weight excluding hydrogens is 190 g/mol. The Labute approximate surface area is 90.4 Å². The van der Waals surface area contributed by atoms with Gasteiger partial charge in [0.1, 0.15) is 5.82 Å². The van der Waals surface area contributed by atoms with Crippen LogP contribution in [0.5, 0.6) is 0 Å². The molecule has 15 heavy (non-hydrogen) atoms. The van der Waals surface area contributed by atoms with E-state index in [0.717, 1.165) is 30.3 Å². The summed E-state index contributed by atoms with van der Waals surface area (Å²) in [7, 11) is 1.70. The molecular formula is C11H19N3O. The Morgan fingerprint density at radius 1 is 1.53 bits per heavy atom. The minimum absolute atomic E-state index is 0.544. The van der Waals surface area contributed by atoms with Crippen molar-refractivity contribution in [1.82, 2.24) is 15.3 Å². The molecule has 2 heterocycles. The molecule has 0 amide bonds. The monoisotopic (exact) mass is 209 g/mol. The maximum absolute atomic E-state index is 5.11. The van der Waals surface area contributed by atoms with Crippen molar-refractivity contribution < 1.29 is 4.74 Å². The maximum atomic E-state index is 5.11. The second-order valence-electron chi connectivity index (χ2n) is 4.17. The second kappa shape index (κ2) is 4.77. The lowest BCUT2D eigenvalue weighted by Crippen LogP contribution is -2.28. The zero-order valence-electron chi connectivity index (χ0n) is 9.47. The molecule has 2 N–H and O–H groups in total. The van der Waals surface area contributed by atoms with Crippen molar-refractivity contribution in [3.05, 3.63) is 17.2 Å². The fourth-order valence-corrected chi connectivity index (χ4v) is 2.08. The summed E-state index contributed by atoms with van der Waals surface area (Å²) in [6, 6.07) is 0. The van der Waals surface area contributed by atoms with E-state index in [1.54, 1.807) is 7.11 Å². The summed E-state index contributed by atoms with van der Waals surface area (Å²) in [5.41, 5.74) is 2.18. The Morgan fingerprint density at radius 3 is 3.07 bits per heavy atom. The van der Waals surface area contributed by atoms with E-state index in [4.69, 9.17) is 4.74 Å². The highest BCUT2D eigenvalue weighted by molar-refractivity contribution is 5.15. The third kappa shape index (κ3) is 2.38. The summed E-state index contributed by atoms with van der Waals surface area (Å²) in [6.07, 6.45) is 2.47. The van der Waals surface area contributed by atoms with Crippen molar-refractivity contribution in [2.24, 2.45) is 0 Å². The van der Waals surface area contributed by atoms with Crippen LogP contribution >= 0.6 is 0 Å². The van der Waals surface area contributed by atoms with Crippen LogP contribution < -0.4 is 5.32 Å². The van der Waals surface area contributed by atoms with E-state index in [9.17, 15) is 0 Å². The molecule has 4 nitrogen and oxygen atoms in total. The molecule has 0 saturated carbocycles. The molecule has 0 aliphatic carbocycles. The van der Waals surface area contributed by atoms with Gasteiger partial charge in [0.25, 0.3) is 0 Å². The number of aromatic nitrogens is 2. The predicted octanol–water partition coefficient (Wildman–Crippen LogP) is 1.33. The number of piperidine rings is 1. The van der Waals surface area contributed by atoms with E-state index in [1.807, 2.05) is 0 Å². The molecule has 1 fully saturated rings. The molecule has 0 bridgehead atoms. The highest BCUT2D eigenvalue weighted by Gasteiger charge is 2.19. The number of methoxy groups -OCH3 is 1. The van der Waals surface area contributed by atoms with Gasteiger partial charge >= 0.3 is 0 Å². The Bertz CT molecular complexity index is 316. The van der Waals surface area contributed by atoms with Gasteiger partial charge in [-0.2, -0.15) is 0 Å². The van der Waals surface area contributed by atoms with Crippen molar-refractivity contribution in [2.75, 3.05) is 20.2 Å². The fraction of sp³-hybridized carbons (Fsp3) is 0.727. The number of ether oxygens (including phenoxy) is 1. The molecule has 1 aromatic heterocycles. The summed E-state index contributed by atoms with van der Waals surface area (Å²) in [4.78, 5) is 7.97. The summed E-state index contributed by atoms with van der Waals surface area (Å²) in [6.45, 7) is 4.84. The number of nitrogens with zero attached hydrogens (tertiary/aromatic N) is 1. The molecule has 2 rings (SSSR count). The first-order valence-electron chi connectivity index (χ1n) is 5.56. The third-order valence-corrected chi connectivity index (χ3v) is 2.97. The fourth-order valence-electron chi connectivity index (χ4n) is 2.08. The van der Waals surface area contributed by atoms with Crippen LogP contribution in [0.3, 0.4) is 0 Å². The minimum Gasteiger partial charge on any atom is -0.378 e. The van der Waals surface area contributed by atoms with Gasteiger partial charge in [-0.25, -0.2) is 4.98 Å². The lowest BCUT2D eigenvalue weighted by atomic mass is 9.99. The molecule has 0 aromatic carbocycles. The highest BCUT2D eigenvalue weighted by Crippen LogP contribution is 2.21. The summed E-state index contributed by atoms with van der Waals surface area (Å²) < 4.78 is 5.11. The quantitative estimate of drug-likeness (QED) is 0.789. The van der Waals surface area contributed by atoms with E-state index >= 15 is 0 Å². The van der Waals surface area contributed by atoms with Crippen LogP contribution in [-0.4, -0.2) is 30.2 Å². The van der Waals surface area contributed by atoms with E-state index in [1.165, 1.54) is 12.8 Å². The number of hydrogen-bond acceptors (Lipinski definition) is 3. The smallest absolute Gasteiger partial charge is 0.111 e. The van der Waals surface area contributed by atoms with Gasteiger partial charge in [0.05, 0.1) is 12.3 Å². The lowest BCUT2D eigenvalue weighted by Gasteiger charge is -2.20. The average molecular weight is 209 g/mol. The topological polar surface area (TPSA) is 49.9 Å². The van der Waals surface area contributed by atoms with Gasteiger partial charge < -0.3 is 15.0 Å². The summed E-state index contributed by atoms with van der Waals surface area (Å²) in [5, 5.41) is 3.40. The van der Waals surface area contributed by atoms with Crippen LogP contribution in [0.1, 0.15) is 36.0 Å². The largest absolute Gasteiger partial charge is 0.378 e. The van der Waals surface area contributed by atoms with Gasteiger partial charge in [-0.15, -0.1) is 0 Å². The number of hydrogen-bond donors (Lipinski definition) is 2. The van der Waals surface area contributed by atoms with Crippen molar-refractivity contribution in [1.29, 1.82) is 0 Å². The molecule has 84 valence electrons. The summed E-state index contributed by atoms with van der Waals surface area (Å²) in [5.74, 6) is 1.66. The first kappa shape index (κ1) is 10.6. The van der Waals surface area contributed by atoms with Crippen LogP contribution in [0.4, 0.5) is 0 Å². The van der Waals surface area contributed by atoms with Crippen molar-refractivity contribution in [3.8, 4) is 0 Å². The maximum Gasteiger partial charge on any atom is 0.111 e. The van der Waals surface area contributed by atoms with Crippen LogP contribution in [0.15, 0.2) is 0 Å². The molecule has 1 aliphatic heterocycles. The first-order valence-corrected chi connectivity index (χ1v) is 5.56. The third-order valence-electron chi connectivity index (χ3n) is 2.97. The number of imidazole rings is 1. The van der Waals surface area contributed by atoms with E-state index in [2.05, 4.69) is 22.2 Å². The first-order chi connectivity index (χ1) is 7.31. The SMILES string of the molecule is COCc1nc(C2CCCNC2)[nH]c1C. The minimum atomic E-state index is 0.544. The second-order valence-corrected chi connectivity index (χ2v) is 4.17. The molecule has 0 radical (unpaired) electrons. The molecule has 1 unspecified atom stereocenters. The Hall–Kier alpha value is -0.870. The Morgan fingerprint density at radius 2 is 2.40 bits per heavy atom. The van der Waals surface area contributed by atoms with Gasteiger partial charge in [0, 0.05) is 25.3 Å². The zero-order chi connectivity index (χ0) is 10.7. The molecule has 1 atom stereocenters. The van der Waals surface area contributed by atoms with Crippen molar-refractivity contribution >= 4 is 0 Å². The zero-order valence-corrected chi connectivity index (χ0v) is 9.47. The number of aryl methyl sites for hydroxylation is 1. The van der Waals surface area contributed by atoms with Crippen molar-refractivity contribution in [3.63, 3.8) is 0 Å². The number of nitrogens with one attached hydrogen (secondary N) is 2. The van der Waals surface area contributed by atoms with E-state index in [0.29, 0.717) is 12.5 Å². The highest BCUT2D eigenvalue weighted by atomic mass is 16.5. The van der Waals surface area contributed by atoms with Crippen LogP contribution in [0.25, 0.3) is 0 Å². The van der Waals surface area contributed by atoms with Gasteiger partial charge in [0.15, 0.2) is 0 Å². The summed E-state index contributed by atoms with van der Waals surface area (Å²) >= 11 is 0. The molecule has 1 aliphatic rings. The van der Waals surface area contributed by atoms with Crippen LogP contribution in [-0.2, 0) is 11.3 Å². The van der Waals surface area contributed by atoms with E-state index < -0.39 is 0 Å². The molecule has 4 heteroatoms. The van der Waals surface area contributed by atoms with Gasteiger partial charge in [0.2, 0.25) is 0 Å². The predicted molar refractivity (Wildman–Crippen MR) is 58.9 cm³/mol. The van der Waals surface area contributed by atoms with Gasteiger partial charge in [-0.1, -0.05) is 0 Å². The number of rotatable bonds is 3. The Balaban J connectivity index is 2.10. The van der Waals surface area contributed by atoms with Crippen LogP contribution in [0.2, 0.25) is 0 Å². The van der Waals surface area contributed by atoms with Crippen molar-refractivity contribution in [2.45, 2.75) is 32.3 Å². The number of H-pyrrole nitrogens is 1. The normalized spacial score (nSPS) is 21.9. The van der Waals surface area contributed by atoms with Gasteiger partial charge in [-0.3, -0.25) is 0 Å². The Kier molecular flexibility index (Phi) is 3.38. The number of aromatic amines is 1. The molecule has 1 aromatic rings. The van der Waals surface area contributed by atoms with Gasteiger partial charge in [-0.05, 0) is 26.3 Å². The molecule has 0 spiro atoms. The lowest BCUT2D eigenvalue weighted by molar-refractivity contribution is 0.181. The average Bonchev–Trinajstić information content (AvgIpc) is 2.63. The molecule has 1 saturated heterocycles. The van der Waals surface area contributed by atoms with E-state index in [-0.39, 0.29) is 0 Å². The van der Waals surface area contributed by atoms with Crippen LogP contribution in [0, 0.1) is 6.92 Å². The standard InChI is InChI=1S/C11H19N3O/c1-8-10(7-15-2)14-11(13-8)9-4-3-5-12-6-9/h9,12H,3-7H2,1-2H3,(H,13,14).